The van der Waals surface area contributed by atoms with Gasteiger partial charge in [0.1, 0.15) is 5.75 Å². The summed E-state index contributed by atoms with van der Waals surface area (Å²) in [6.07, 6.45) is 2.43. The number of ether oxygens (including phenoxy) is 1. The molecule has 0 unspecified atom stereocenters. The molecule has 0 spiro atoms. The fraction of sp³-hybridized carbons (Fsp3) is 0.167. The van der Waals surface area contributed by atoms with Crippen LogP contribution >= 0.6 is 0 Å². The molecular formula is C12H12N2O3. The summed E-state index contributed by atoms with van der Waals surface area (Å²) in [6.45, 7) is 1.88. The van der Waals surface area contributed by atoms with Gasteiger partial charge < -0.3 is 9.72 Å². The Labute approximate surface area is 97.9 Å². The summed E-state index contributed by atoms with van der Waals surface area (Å²) in [5.74, 6) is 0.729. The molecule has 0 aliphatic rings. The minimum atomic E-state index is -0.474. The smallest absolute Gasteiger partial charge is 0.235 e. The van der Waals surface area contributed by atoms with Crippen LogP contribution in [0.1, 0.15) is 11.3 Å². The zero-order chi connectivity index (χ0) is 12.4. The summed E-state index contributed by atoms with van der Waals surface area (Å²) in [6, 6.07) is 5.60. The molecule has 1 aromatic carbocycles. The lowest BCUT2D eigenvalue weighted by Gasteiger charge is -1.99. The number of nitrogens with zero attached hydrogens (tertiary/aromatic N) is 1. The number of aromatic amines is 1. The SMILES string of the molecule is COc1ccc2[nH]c(C)c(/C=C/[N+](=O)[O-])c2c1. The number of hydrogen-bond donors (Lipinski definition) is 1. The van der Waals surface area contributed by atoms with Crippen LogP contribution in [0.2, 0.25) is 0 Å². The first-order valence-corrected chi connectivity index (χ1v) is 5.10. The molecule has 1 N–H and O–H groups in total. The first-order valence-electron chi connectivity index (χ1n) is 5.10. The van der Waals surface area contributed by atoms with E-state index in [2.05, 4.69) is 4.98 Å². The third-order valence-electron chi connectivity index (χ3n) is 2.61. The molecule has 0 aliphatic heterocycles. The number of rotatable bonds is 3. The molecule has 0 saturated heterocycles. The van der Waals surface area contributed by atoms with Gasteiger partial charge >= 0.3 is 0 Å². The Hall–Kier alpha value is -2.30. The lowest BCUT2D eigenvalue weighted by Crippen LogP contribution is -1.84. The van der Waals surface area contributed by atoms with Crippen LogP contribution in [-0.4, -0.2) is 17.0 Å². The molecule has 0 radical (unpaired) electrons. The molecule has 0 fully saturated rings. The second-order valence-electron chi connectivity index (χ2n) is 3.68. The van der Waals surface area contributed by atoms with E-state index in [1.54, 1.807) is 7.11 Å². The van der Waals surface area contributed by atoms with Gasteiger partial charge in [0.25, 0.3) is 0 Å². The van der Waals surface area contributed by atoms with Crippen molar-refractivity contribution in [2.24, 2.45) is 0 Å². The van der Waals surface area contributed by atoms with Crippen molar-refractivity contribution in [3.05, 3.63) is 45.8 Å². The van der Waals surface area contributed by atoms with Crippen LogP contribution in [0.4, 0.5) is 0 Å². The van der Waals surface area contributed by atoms with Crippen LogP contribution in [0.25, 0.3) is 17.0 Å². The summed E-state index contributed by atoms with van der Waals surface area (Å²) in [5.41, 5.74) is 2.65. The van der Waals surface area contributed by atoms with Crippen LogP contribution in [0.3, 0.4) is 0 Å². The summed E-state index contributed by atoms with van der Waals surface area (Å²) < 4.78 is 5.14. The van der Waals surface area contributed by atoms with Gasteiger partial charge in [-0.15, -0.1) is 0 Å². The number of fused-ring (bicyclic) bond motifs is 1. The normalized spacial score (nSPS) is 11.2. The second-order valence-corrected chi connectivity index (χ2v) is 3.68. The largest absolute Gasteiger partial charge is 0.497 e. The number of hydrogen-bond acceptors (Lipinski definition) is 3. The van der Waals surface area contributed by atoms with Crippen LogP contribution in [0.15, 0.2) is 24.4 Å². The van der Waals surface area contributed by atoms with Crippen molar-refractivity contribution < 1.29 is 9.66 Å². The molecule has 0 aliphatic carbocycles. The van der Waals surface area contributed by atoms with Crippen molar-refractivity contribution >= 4 is 17.0 Å². The van der Waals surface area contributed by atoms with Gasteiger partial charge in [-0.1, -0.05) is 0 Å². The molecule has 0 atom stereocenters. The fourth-order valence-corrected chi connectivity index (χ4v) is 1.80. The average molecular weight is 232 g/mol. The Balaban J connectivity index is 2.60. The van der Waals surface area contributed by atoms with Crippen molar-refractivity contribution in [3.8, 4) is 5.75 Å². The number of aromatic nitrogens is 1. The Morgan fingerprint density at radius 1 is 1.47 bits per heavy atom. The predicted octanol–water partition coefficient (Wildman–Crippen LogP) is 2.73. The maximum atomic E-state index is 10.3. The zero-order valence-electron chi connectivity index (χ0n) is 9.56. The van der Waals surface area contributed by atoms with Crippen molar-refractivity contribution in [2.45, 2.75) is 6.92 Å². The topological polar surface area (TPSA) is 68.2 Å². The van der Waals surface area contributed by atoms with E-state index in [9.17, 15) is 10.1 Å². The molecule has 5 heteroatoms. The van der Waals surface area contributed by atoms with Gasteiger partial charge in [0.2, 0.25) is 6.20 Å². The first kappa shape index (κ1) is 11.2. The van der Waals surface area contributed by atoms with Crippen molar-refractivity contribution in [3.63, 3.8) is 0 Å². The predicted molar refractivity (Wildman–Crippen MR) is 65.6 cm³/mol. The van der Waals surface area contributed by atoms with Crippen LogP contribution < -0.4 is 4.74 Å². The van der Waals surface area contributed by atoms with E-state index >= 15 is 0 Å². The maximum Gasteiger partial charge on any atom is 0.235 e. The highest BCUT2D eigenvalue weighted by Crippen LogP contribution is 2.27. The standard InChI is InChI=1S/C12H12N2O3/c1-8-10(5-6-14(15)16)11-7-9(17-2)3-4-12(11)13-8/h3-7,13H,1-2H3/b6-5+. The second kappa shape index (κ2) is 4.29. The lowest BCUT2D eigenvalue weighted by atomic mass is 10.1. The molecular weight excluding hydrogens is 220 g/mol. The van der Waals surface area contributed by atoms with Gasteiger partial charge in [0.05, 0.1) is 12.0 Å². The van der Waals surface area contributed by atoms with Crippen molar-refractivity contribution in [1.29, 1.82) is 0 Å². The van der Waals surface area contributed by atoms with Gasteiger partial charge in [0, 0.05) is 28.2 Å². The summed E-state index contributed by atoms with van der Waals surface area (Å²) in [5, 5.41) is 11.3. The molecule has 0 bridgehead atoms. The summed E-state index contributed by atoms with van der Waals surface area (Å²) in [4.78, 5) is 13.0. The van der Waals surface area contributed by atoms with Crippen molar-refractivity contribution in [2.75, 3.05) is 7.11 Å². The molecule has 1 aromatic heterocycles. The van der Waals surface area contributed by atoms with Crippen LogP contribution in [0.5, 0.6) is 5.75 Å². The fourth-order valence-electron chi connectivity index (χ4n) is 1.80. The molecule has 5 nitrogen and oxygen atoms in total. The molecule has 0 amide bonds. The summed E-state index contributed by atoms with van der Waals surface area (Å²) in [7, 11) is 1.59. The third kappa shape index (κ3) is 2.13. The van der Waals surface area contributed by atoms with Crippen LogP contribution in [0, 0.1) is 17.0 Å². The maximum absolute atomic E-state index is 10.3. The van der Waals surface area contributed by atoms with E-state index in [1.165, 1.54) is 6.08 Å². The number of benzene rings is 1. The molecule has 2 aromatic rings. The highest BCUT2D eigenvalue weighted by atomic mass is 16.6. The highest BCUT2D eigenvalue weighted by molar-refractivity contribution is 5.91. The minimum Gasteiger partial charge on any atom is -0.497 e. The quantitative estimate of drug-likeness (QED) is 0.653. The third-order valence-corrected chi connectivity index (χ3v) is 2.61. The molecule has 1 heterocycles. The molecule has 17 heavy (non-hydrogen) atoms. The first-order chi connectivity index (χ1) is 8.11. The Morgan fingerprint density at radius 3 is 2.88 bits per heavy atom. The molecule has 88 valence electrons. The number of nitro groups is 1. The minimum absolute atomic E-state index is 0.474. The average Bonchev–Trinajstić information content (AvgIpc) is 2.61. The number of aryl methyl sites for hydroxylation is 1. The number of nitrogens with one attached hydrogen (secondary N) is 1. The lowest BCUT2D eigenvalue weighted by molar-refractivity contribution is -0.400. The van der Waals surface area contributed by atoms with Gasteiger partial charge in [-0.2, -0.15) is 0 Å². The van der Waals surface area contributed by atoms with Crippen LogP contribution in [-0.2, 0) is 0 Å². The van der Waals surface area contributed by atoms with E-state index < -0.39 is 4.92 Å². The van der Waals surface area contributed by atoms with E-state index in [-0.39, 0.29) is 0 Å². The number of H-pyrrole nitrogens is 1. The summed E-state index contributed by atoms with van der Waals surface area (Å²) >= 11 is 0. The van der Waals surface area contributed by atoms with Crippen molar-refractivity contribution in [1.82, 2.24) is 4.98 Å². The van der Waals surface area contributed by atoms with E-state index in [0.29, 0.717) is 0 Å². The highest BCUT2D eigenvalue weighted by Gasteiger charge is 2.07. The van der Waals surface area contributed by atoms with E-state index in [0.717, 1.165) is 34.1 Å². The zero-order valence-corrected chi connectivity index (χ0v) is 9.56. The van der Waals surface area contributed by atoms with Gasteiger partial charge in [-0.3, -0.25) is 10.1 Å². The Morgan fingerprint density at radius 2 is 2.24 bits per heavy atom. The van der Waals surface area contributed by atoms with Gasteiger partial charge in [-0.25, -0.2) is 0 Å². The molecule has 2 rings (SSSR count). The Bertz CT molecular complexity index is 599. The monoisotopic (exact) mass is 232 g/mol. The van der Waals surface area contributed by atoms with E-state index in [1.807, 2.05) is 25.1 Å². The van der Waals surface area contributed by atoms with Gasteiger partial charge in [0.15, 0.2) is 0 Å². The Kier molecular flexibility index (Phi) is 2.82. The van der Waals surface area contributed by atoms with E-state index in [4.69, 9.17) is 4.74 Å². The number of methoxy groups -OCH3 is 1. The molecule has 0 saturated carbocycles. The van der Waals surface area contributed by atoms with Gasteiger partial charge in [-0.05, 0) is 25.1 Å².